The average molecular weight is 426 g/mol. The number of hydrogen-bond acceptors (Lipinski definition) is 7. The van der Waals surface area contributed by atoms with Crippen LogP contribution in [0.3, 0.4) is 0 Å². The molecule has 3 heterocycles. The Morgan fingerprint density at radius 3 is 2.67 bits per heavy atom. The highest BCUT2D eigenvalue weighted by Crippen LogP contribution is 2.28. The minimum Gasteiger partial charge on any atom is -0.484 e. The number of amides is 2. The highest BCUT2D eigenvalue weighted by Gasteiger charge is 2.24. The molecule has 0 bridgehead atoms. The number of carbonyl (C=O) groups is 2. The van der Waals surface area contributed by atoms with Gasteiger partial charge in [-0.05, 0) is 30.3 Å². The topological polar surface area (TPSA) is 78.9 Å². The van der Waals surface area contributed by atoms with Gasteiger partial charge in [0, 0.05) is 52.0 Å². The first-order valence-electron chi connectivity index (χ1n) is 9.70. The van der Waals surface area contributed by atoms with Gasteiger partial charge in [-0.1, -0.05) is 17.4 Å². The number of aromatic nitrogens is 2. The van der Waals surface area contributed by atoms with Gasteiger partial charge in [-0.3, -0.25) is 9.59 Å². The van der Waals surface area contributed by atoms with Crippen LogP contribution in [0, 0.1) is 0 Å². The lowest BCUT2D eigenvalue weighted by Crippen LogP contribution is -2.48. The molecular formula is C21H23N5O3S. The van der Waals surface area contributed by atoms with E-state index in [-0.39, 0.29) is 18.4 Å². The fourth-order valence-corrected chi connectivity index (χ4v) is 4.13. The fourth-order valence-electron chi connectivity index (χ4n) is 3.17. The van der Waals surface area contributed by atoms with Crippen LogP contribution in [0.4, 0.5) is 5.13 Å². The van der Waals surface area contributed by atoms with Gasteiger partial charge in [0.1, 0.15) is 16.1 Å². The van der Waals surface area contributed by atoms with Gasteiger partial charge < -0.3 is 19.4 Å². The summed E-state index contributed by atoms with van der Waals surface area (Å²) in [6, 6.07) is 10.8. The van der Waals surface area contributed by atoms with Crippen LogP contribution < -0.4 is 9.64 Å². The van der Waals surface area contributed by atoms with Crippen LogP contribution in [0.2, 0.25) is 0 Å². The van der Waals surface area contributed by atoms with E-state index in [1.165, 1.54) is 4.90 Å². The van der Waals surface area contributed by atoms with Crippen molar-refractivity contribution < 1.29 is 14.3 Å². The van der Waals surface area contributed by atoms with Crippen molar-refractivity contribution in [3.63, 3.8) is 0 Å². The van der Waals surface area contributed by atoms with E-state index in [1.54, 1.807) is 55.9 Å². The molecule has 0 unspecified atom stereocenters. The zero-order valence-corrected chi connectivity index (χ0v) is 17.8. The summed E-state index contributed by atoms with van der Waals surface area (Å²) in [5.74, 6) is 0.342. The number of nitrogens with zero attached hydrogens (tertiary/aromatic N) is 5. The van der Waals surface area contributed by atoms with E-state index in [1.807, 2.05) is 17.0 Å². The highest BCUT2D eigenvalue weighted by atomic mass is 32.1. The molecule has 0 atom stereocenters. The lowest BCUT2D eigenvalue weighted by molar-refractivity contribution is -0.130. The number of hydrogen-bond donors (Lipinski definition) is 0. The first-order chi connectivity index (χ1) is 14.5. The van der Waals surface area contributed by atoms with Gasteiger partial charge in [0.2, 0.25) is 0 Å². The molecule has 1 aliphatic heterocycles. The summed E-state index contributed by atoms with van der Waals surface area (Å²) in [7, 11) is 3.35. The smallest absolute Gasteiger partial charge is 0.259 e. The van der Waals surface area contributed by atoms with Gasteiger partial charge in [-0.25, -0.2) is 9.97 Å². The fraction of sp³-hybridized carbons (Fsp3) is 0.333. The summed E-state index contributed by atoms with van der Waals surface area (Å²) < 4.78 is 5.53. The van der Waals surface area contributed by atoms with Crippen LogP contribution in [0.1, 0.15) is 10.4 Å². The van der Waals surface area contributed by atoms with Gasteiger partial charge in [0.15, 0.2) is 11.7 Å². The lowest BCUT2D eigenvalue weighted by Gasteiger charge is -2.34. The quantitative estimate of drug-likeness (QED) is 0.623. The third kappa shape index (κ3) is 4.35. The Morgan fingerprint density at radius 2 is 1.93 bits per heavy atom. The van der Waals surface area contributed by atoms with Gasteiger partial charge in [-0.2, -0.15) is 0 Å². The van der Waals surface area contributed by atoms with Gasteiger partial charge >= 0.3 is 0 Å². The maximum Gasteiger partial charge on any atom is 0.259 e. The second kappa shape index (κ2) is 8.66. The second-order valence-electron chi connectivity index (χ2n) is 7.21. The van der Waals surface area contributed by atoms with Crippen molar-refractivity contribution in [1.29, 1.82) is 0 Å². The maximum atomic E-state index is 12.9. The standard InChI is InChI=1S/C21H23N5O3S/c1-24(2)18(27)14-29-16-6-3-5-15(13-16)20(28)25-9-11-26(12-10-25)21-23-17-7-4-8-22-19(17)30-21/h3-8,13H,9-12,14H2,1-2H3. The van der Waals surface area contributed by atoms with Crippen LogP contribution in [0.25, 0.3) is 10.3 Å². The van der Waals surface area contributed by atoms with Crippen molar-refractivity contribution in [1.82, 2.24) is 19.8 Å². The number of anilines is 1. The molecule has 8 nitrogen and oxygen atoms in total. The Kier molecular flexibility index (Phi) is 5.80. The predicted molar refractivity (Wildman–Crippen MR) is 116 cm³/mol. The van der Waals surface area contributed by atoms with E-state index in [9.17, 15) is 9.59 Å². The number of benzene rings is 1. The van der Waals surface area contributed by atoms with Gasteiger partial charge in [0.25, 0.3) is 11.8 Å². The molecule has 1 fully saturated rings. The summed E-state index contributed by atoms with van der Waals surface area (Å²) >= 11 is 1.57. The Morgan fingerprint density at radius 1 is 1.13 bits per heavy atom. The highest BCUT2D eigenvalue weighted by molar-refractivity contribution is 7.21. The van der Waals surface area contributed by atoms with E-state index in [0.29, 0.717) is 24.4 Å². The maximum absolute atomic E-state index is 12.9. The summed E-state index contributed by atoms with van der Waals surface area (Å²) in [4.78, 5) is 40.1. The molecule has 3 aromatic rings. The molecule has 2 amide bonds. The molecule has 0 aliphatic carbocycles. The molecule has 0 saturated carbocycles. The second-order valence-corrected chi connectivity index (χ2v) is 8.16. The third-order valence-electron chi connectivity index (χ3n) is 4.93. The molecule has 1 saturated heterocycles. The molecule has 0 spiro atoms. The summed E-state index contributed by atoms with van der Waals surface area (Å²) in [6.45, 7) is 2.62. The monoisotopic (exact) mass is 425 g/mol. The predicted octanol–water partition coefficient (Wildman–Crippen LogP) is 2.12. The molecular weight excluding hydrogens is 402 g/mol. The Balaban J connectivity index is 1.37. The first-order valence-corrected chi connectivity index (χ1v) is 10.5. The van der Waals surface area contributed by atoms with E-state index in [0.717, 1.165) is 28.6 Å². The van der Waals surface area contributed by atoms with Crippen LogP contribution in [-0.4, -0.2) is 78.5 Å². The van der Waals surface area contributed by atoms with Crippen LogP contribution in [-0.2, 0) is 4.79 Å². The molecule has 4 rings (SSSR count). The van der Waals surface area contributed by atoms with Crippen molar-refractivity contribution in [3.8, 4) is 5.75 Å². The zero-order chi connectivity index (χ0) is 21.1. The summed E-state index contributed by atoms with van der Waals surface area (Å²) in [6.07, 6.45) is 1.77. The molecule has 0 radical (unpaired) electrons. The van der Waals surface area contributed by atoms with Crippen molar-refractivity contribution >= 4 is 38.6 Å². The number of rotatable bonds is 5. The van der Waals surface area contributed by atoms with E-state index in [2.05, 4.69) is 14.9 Å². The third-order valence-corrected chi connectivity index (χ3v) is 5.97. The number of pyridine rings is 1. The molecule has 0 N–H and O–H groups in total. The molecule has 1 aliphatic rings. The van der Waals surface area contributed by atoms with E-state index >= 15 is 0 Å². The first kappa shape index (κ1) is 20.1. The molecule has 2 aromatic heterocycles. The zero-order valence-electron chi connectivity index (χ0n) is 16.9. The SMILES string of the molecule is CN(C)C(=O)COc1cccc(C(=O)N2CCN(c3nc4cccnc4s3)CC2)c1. The molecule has 1 aromatic carbocycles. The van der Waals surface area contributed by atoms with Gasteiger partial charge in [0.05, 0.1) is 0 Å². The minimum absolute atomic E-state index is 0.0370. The largest absolute Gasteiger partial charge is 0.484 e. The lowest BCUT2D eigenvalue weighted by atomic mass is 10.1. The number of thiazole rings is 1. The number of piperazine rings is 1. The summed E-state index contributed by atoms with van der Waals surface area (Å²) in [5.41, 5.74) is 1.46. The summed E-state index contributed by atoms with van der Waals surface area (Å²) in [5, 5.41) is 0.941. The Bertz CT molecular complexity index is 1030. The van der Waals surface area contributed by atoms with Crippen molar-refractivity contribution in [3.05, 3.63) is 48.2 Å². The Labute approximate surface area is 178 Å². The van der Waals surface area contributed by atoms with Crippen LogP contribution >= 0.6 is 11.3 Å². The molecule has 9 heteroatoms. The average Bonchev–Trinajstić information content (AvgIpc) is 3.21. The van der Waals surface area contributed by atoms with E-state index in [4.69, 9.17) is 4.74 Å². The van der Waals surface area contributed by atoms with Gasteiger partial charge in [-0.15, -0.1) is 0 Å². The van der Waals surface area contributed by atoms with Crippen LogP contribution in [0.5, 0.6) is 5.75 Å². The molecule has 30 heavy (non-hydrogen) atoms. The van der Waals surface area contributed by atoms with Crippen LogP contribution in [0.15, 0.2) is 42.6 Å². The Hall–Kier alpha value is -3.20. The van der Waals surface area contributed by atoms with Crippen molar-refractivity contribution in [2.45, 2.75) is 0 Å². The van der Waals surface area contributed by atoms with Crippen molar-refractivity contribution in [2.24, 2.45) is 0 Å². The number of likely N-dealkylation sites (N-methyl/N-ethyl adjacent to an activating group) is 1. The number of carbonyl (C=O) groups excluding carboxylic acids is 2. The van der Waals surface area contributed by atoms with Crippen molar-refractivity contribution in [2.75, 3.05) is 51.8 Å². The normalized spacial score (nSPS) is 14.1. The number of fused-ring (bicyclic) bond motifs is 1. The number of ether oxygens (including phenoxy) is 1. The minimum atomic E-state index is -0.132. The molecule has 156 valence electrons. The van der Waals surface area contributed by atoms with E-state index < -0.39 is 0 Å².